The zero-order valence-corrected chi connectivity index (χ0v) is 11.8. The van der Waals surface area contributed by atoms with Crippen LogP contribution in [-0.2, 0) is 13.0 Å². The van der Waals surface area contributed by atoms with Gasteiger partial charge in [-0.2, -0.15) is 0 Å². The Hall–Kier alpha value is -1.87. The first-order chi connectivity index (χ1) is 9.78. The van der Waals surface area contributed by atoms with Gasteiger partial charge in [-0.25, -0.2) is 4.98 Å². The molecule has 0 bridgehead atoms. The predicted molar refractivity (Wildman–Crippen MR) is 80.7 cm³/mol. The van der Waals surface area contributed by atoms with Gasteiger partial charge in [0.25, 0.3) is 0 Å². The van der Waals surface area contributed by atoms with Crippen molar-refractivity contribution in [3.63, 3.8) is 0 Å². The van der Waals surface area contributed by atoms with Gasteiger partial charge in [0, 0.05) is 19.3 Å². The number of nitrogens with zero attached hydrogens (tertiary/aromatic N) is 2. The maximum Gasteiger partial charge on any atom is 0.128 e. The Kier molecular flexibility index (Phi) is 3.70. The highest BCUT2D eigenvalue weighted by Gasteiger charge is 2.17. The highest BCUT2D eigenvalue weighted by molar-refractivity contribution is 5.44. The van der Waals surface area contributed by atoms with Crippen molar-refractivity contribution in [2.75, 3.05) is 11.4 Å². The van der Waals surface area contributed by atoms with Crippen LogP contribution in [0.15, 0.2) is 42.6 Å². The molecule has 0 saturated heterocycles. The number of hydrogen-bond donors (Lipinski definition) is 1. The van der Waals surface area contributed by atoms with Gasteiger partial charge in [0.05, 0.1) is 6.10 Å². The molecule has 20 heavy (non-hydrogen) atoms. The molecule has 0 fully saturated rings. The highest BCUT2D eigenvalue weighted by Crippen LogP contribution is 2.24. The van der Waals surface area contributed by atoms with Crippen LogP contribution in [0.1, 0.15) is 36.1 Å². The van der Waals surface area contributed by atoms with Crippen LogP contribution < -0.4 is 4.90 Å². The Morgan fingerprint density at radius 3 is 2.70 bits per heavy atom. The van der Waals surface area contributed by atoms with E-state index in [2.05, 4.69) is 34.1 Å². The number of aliphatic hydroxyl groups excluding tert-OH is 1. The number of rotatable bonds is 3. The summed E-state index contributed by atoms with van der Waals surface area (Å²) >= 11 is 0. The summed E-state index contributed by atoms with van der Waals surface area (Å²) in [6, 6.07) is 12.6. The van der Waals surface area contributed by atoms with Crippen LogP contribution in [0.3, 0.4) is 0 Å². The van der Waals surface area contributed by atoms with E-state index in [1.165, 1.54) is 11.1 Å². The fraction of sp³-hybridized carbons (Fsp3) is 0.353. The average molecular weight is 268 g/mol. The minimum atomic E-state index is -0.404. The number of aliphatic hydroxyl groups is 1. The van der Waals surface area contributed by atoms with E-state index in [1.54, 1.807) is 6.20 Å². The summed E-state index contributed by atoms with van der Waals surface area (Å²) in [5, 5.41) is 9.81. The molecule has 104 valence electrons. The van der Waals surface area contributed by atoms with Crippen LogP contribution in [-0.4, -0.2) is 16.6 Å². The summed E-state index contributed by atoms with van der Waals surface area (Å²) in [5.41, 5.74) is 3.73. The normalized spacial score (nSPS) is 15.8. The molecule has 0 saturated carbocycles. The molecule has 0 amide bonds. The Bertz CT molecular complexity index is 580. The first kappa shape index (κ1) is 13.1. The summed E-state index contributed by atoms with van der Waals surface area (Å²) in [7, 11) is 0. The maximum atomic E-state index is 9.81. The first-order valence-electron chi connectivity index (χ1n) is 7.23. The van der Waals surface area contributed by atoms with Crippen molar-refractivity contribution in [2.24, 2.45) is 0 Å². The van der Waals surface area contributed by atoms with Gasteiger partial charge in [0.1, 0.15) is 5.82 Å². The van der Waals surface area contributed by atoms with Gasteiger partial charge in [-0.05, 0) is 35.6 Å². The summed E-state index contributed by atoms with van der Waals surface area (Å²) < 4.78 is 0. The Balaban J connectivity index is 1.78. The molecule has 0 aliphatic carbocycles. The number of hydrogen-bond acceptors (Lipinski definition) is 3. The second-order valence-corrected chi connectivity index (χ2v) is 5.31. The summed E-state index contributed by atoms with van der Waals surface area (Å²) in [4.78, 5) is 6.81. The molecule has 3 rings (SSSR count). The SMILES string of the molecule is CCC(O)c1ccc(N2CCc3ccccc3C2)nc1. The zero-order chi connectivity index (χ0) is 13.9. The molecular weight excluding hydrogens is 248 g/mol. The van der Waals surface area contributed by atoms with E-state index in [-0.39, 0.29) is 0 Å². The number of aromatic nitrogens is 1. The van der Waals surface area contributed by atoms with Crippen molar-refractivity contribution in [1.29, 1.82) is 0 Å². The molecule has 2 heterocycles. The van der Waals surface area contributed by atoms with Gasteiger partial charge in [0.2, 0.25) is 0 Å². The second kappa shape index (κ2) is 5.63. The zero-order valence-electron chi connectivity index (χ0n) is 11.8. The van der Waals surface area contributed by atoms with Gasteiger partial charge in [-0.15, -0.1) is 0 Å². The van der Waals surface area contributed by atoms with Gasteiger partial charge in [-0.1, -0.05) is 37.3 Å². The standard InChI is InChI=1S/C17H20N2O/c1-2-16(20)14-7-8-17(18-11-14)19-10-9-13-5-3-4-6-15(13)12-19/h3-8,11,16,20H,2,9-10,12H2,1H3. The lowest BCUT2D eigenvalue weighted by atomic mass is 10.00. The Morgan fingerprint density at radius 1 is 1.20 bits per heavy atom. The van der Waals surface area contributed by atoms with E-state index < -0.39 is 6.10 Å². The molecular formula is C17H20N2O. The lowest BCUT2D eigenvalue weighted by Gasteiger charge is -2.29. The quantitative estimate of drug-likeness (QED) is 0.929. The lowest BCUT2D eigenvalue weighted by Crippen LogP contribution is -2.30. The van der Waals surface area contributed by atoms with E-state index in [4.69, 9.17) is 0 Å². The van der Waals surface area contributed by atoms with Crippen molar-refractivity contribution >= 4 is 5.82 Å². The molecule has 0 spiro atoms. The highest BCUT2D eigenvalue weighted by atomic mass is 16.3. The number of pyridine rings is 1. The van der Waals surface area contributed by atoms with E-state index in [0.29, 0.717) is 0 Å². The minimum Gasteiger partial charge on any atom is -0.388 e. The molecule has 1 aliphatic heterocycles. The smallest absolute Gasteiger partial charge is 0.128 e. The predicted octanol–water partition coefficient (Wildman–Crippen LogP) is 3.09. The summed E-state index contributed by atoms with van der Waals surface area (Å²) in [6.07, 6.45) is 3.18. The van der Waals surface area contributed by atoms with Crippen molar-refractivity contribution in [3.8, 4) is 0 Å². The molecule has 1 atom stereocenters. The van der Waals surface area contributed by atoms with E-state index in [0.717, 1.165) is 37.3 Å². The third-order valence-corrected chi connectivity index (χ3v) is 4.00. The van der Waals surface area contributed by atoms with E-state index >= 15 is 0 Å². The average Bonchev–Trinajstić information content (AvgIpc) is 2.54. The number of benzene rings is 1. The van der Waals surface area contributed by atoms with Crippen LogP contribution in [0.4, 0.5) is 5.82 Å². The van der Waals surface area contributed by atoms with Crippen LogP contribution >= 0.6 is 0 Å². The van der Waals surface area contributed by atoms with Crippen LogP contribution in [0.25, 0.3) is 0 Å². The van der Waals surface area contributed by atoms with E-state index in [9.17, 15) is 5.11 Å². The van der Waals surface area contributed by atoms with Crippen molar-refractivity contribution in [2.45, 2.75) is 32.4 Å². The Labute approximate surface area is 119 Å². The van der Waals surface area contributed by atoms with Crippen molar-refractivity contribution in [3.05, 3.63) is 59.3 Å². The van der Waals surface area contributed by atoms with Crippen LogP contribution in [0.2, 0.25) is 0 Å². The van der Waals surface area contributed by atoms with Crippen LogP contribution in [0, 0.1) is 0 Å². The third kappa shape index (κ3) is 2.54. The molecule has 3 nitrogen and oxygen atoms in total. The van der Waals surface area contributed by atoms with E-state index in [1.807, 2.05) is 19.1 Å². The largest absolute Gasteiger partial charge is 0.388 e. The Morgan fingerprint density at radius 2 is 2.00 bits per heavy atom. The van der Waals surface area contributed by atoms with Gasteiger partial charge < -0.3 is 10.0 Å². The van der Waals surface area contributed by atoms with Crippen molar-refractivity contribution < 1.29 is 5.11 Å². The van der Waals surface area contributed by atoms with Gasteiger partial charge >= 0.3 is 0 Å². The number of anilines is 1. The van der Waals surface area contributed by atoms with Gasteiger partial charge in [-0.3, -0.25) is 0 Å². The molecule has 1 aromatic heterocycles. The van der Waals surface area contributed by atoms with Crippen LogP contribution in [0.5, 0.6) is 0 Å². The van der Waals surface area contributed by atoms with Gasteiger partial charge in [0.15, 0.2) is 0 Å². The fourth-order valence-electron chi connectivity index (χ4n) is 2.71. The second-order valence-electron chi connectivity index (χ2n) is 5.31. The molecule has 1 N–H and O–H groups in total. The lowest BCUT2D eigenvalue weighted by molar-refractivity contribution is 0.173. The maximum absolute atomic E-state index is 9.81. The molecule has 1 aliphatic rings. The third-order valence-electron chi connectivity index (χ3n) is 4.00. The summed E-state index contributed by atoms with van der Waals surface area (Å²) in [5.74, 6) is 0.992. The summed E-state index contributed by atoms with van der Waals surface area (Å²) in [6.45, 7) is 3.89. The molecule has 0 radical (unpaired) electrons. The molecule has 2 aromatic rings. The fourth-order valence-corrected chi connectivity index (χ4v) is 2.71. The number of fused-ring (bicyclic) bond motifs is 1. The molecule has 1 aromatic carbocycles. The minimum absolute atomic E-state index is 0.404. The first-order valence-corrected chi connectivity index (χ1v) is 7.23. The molecule has 1 unspecified atom stereocenters. The van der Waals surface area contributed by atoms with Crippen molar-refractivity contribution in [1.82, 2.24) is 4.98 Å². The monoisotopic (exact) mass is 268 g/mol. The topological polar surface area (TPSA) is 36.4 Å². The molecule has 3 heteroatoms.